The van der Waals surface area contributed by atoms with Crippen LogP contribution >= 0.6 is 11.8 Å². The van der Waals surface area contributed by atoms with E-state index in [4.69, 9.17) is 0 Å². The number of halogens is 3. The molecule has 2 rings (SSSR count). The SMILES string of the molecule is FC(F)(F)c1ccccc1Sc1nnn[nH]1.[KH]. The van der Waals surface area contributed by atoms with E-state index in [1.807, 2.05) is 0 Å². The van der Waals surface area contributed by atoms with Gasteiger partial charge in [-0.2, -0.15) is 13.2 Å². The Labute approximate surface area is 141 Å². The van der Waals surface area contributed by atoms with Crippen molar-refractivity contribution < 1.29 is 13.2 Å². The van der Waals surface area contributed by atoms with Gasteiger partial charge in [0.1, 0.15) is 0 Å². The summed E-state index contributed by atoms with van der Waals surface area (Å²) < 4.78 is 37.8. The van der Waals surface area contributed by atoms with Crippen LogP contribution in [0.1, 0.15) is 5.56 Å². The van der Waals surface area contributed by atoms with Crippen molar-refractivity contribution >= 4 is 63.1 Å². The van der Waals surface area contributed by atoms with Crippen molar-refractivity contribution in [1.29, 1.82) is 0 Å². The van der Waals surface area contributed by atoms with E-state index in [1.165, 1.54) is 18.2 Å². The van der Waals surface area contributed by atoms with Gasteiger partial charge >= 0.3 is 57.6 Å². The van der Waals surface area contributed by atoms with E-state index in [9.17, 15) is 13.2 Å². The van der Waals surface area contributed by atoms with Gasteiger partial charge < -0.3 is 0 Å². The van der Waals surface area contributed by atoms with Crippen LogP contribution < -0.4 is 0 Å². The summed E-state index contributed by atoms with van der Waals surface area (Å²) in [5.41, 5.74) is -0.698. The minimum atomic E-state index is -4.38. The topological polar surface area (TPSA) is 54.5 Å². The van der Waals surface area contributed by atoms with Crippen LogP contribution in [0.5, 0.6) is 0 Å². The molecule has 1 aromatic heterocycles. The Morgan fingerprint density at radius 2 is 1.88 bits per heavy atom. The molecule has 1 aromatic carbocycles. The van der Waals surface area contributed by atoms with E-state index in [0.717, 1.165) is 17.8 Å². The van der Waals surface area contributed by atoms with Crippen LogP contribution in [0.2, 0.25) is 0 Å². The molecule has 0 fully saturated rings. The quantitative estimate of drug-likeness (QED) is 0.854. The van der Waals surface area contributed by atoms with Crippen LogP contribution in [-0.4, -0.2) is 72.0 Å². The summed E-state index contributed by atoms with van der Waals surface area (Å²) in [7, 11) is 0. The van der Waals surface area contributed by atoms with E-state index in [2.05, 4.69) is 20.6 Å². The van der Waals surface area contributed by atoms with Gasteiger partial charge in [0.05, 0.1) is 5.56 Å². The molecule has 0 spiro atoms. The zero-order chi connectivity index (χ0) is 11.6. The third-order valence-corrected chi connectivity index (χ3v) is 2.67. The number of nitrogens with one attached hydrogen (secondary N) is 1. The molecule has 1 N–H and O–H groups in total. The number of aromatic amines is 1. The Bertz CT molecular complexity index is 474. The van der Waals surface area contributed by atoms with E-state index >= 15 is 0 Å². The Balaban J connectivity index is 0.00000144. The third-order valence-electron chi connectivity index (χ3n) is 1.73. The Morgan fingerprint density at radius 3 is 2.47 bits per heavy atom. The first kappa shape index (κ1) is 15.1. The molecule has 9 heteroatoms. The van der Waals surface area contributed by atoms with Crippen molar-refractivity contribution in [2.75, 3.05) is 0 Å². The average molecular weight is 286 g/mol. The standard InChI is InChI=1S/C8H5F3N4S.K.H/c9-8(10,11)5-3-1-2-4-6(5)16-7-12-14-15-13-7;;/h1-4H,(H,12,13,14,15);;. The zero-order valence-electron chi connectivity index (χ0n) is 7.69. The number of rotatable bonds is 2. The van der Waals surface area contributed by atoms with Gasteiger partial charge in [-0.1, -0.05) is 12.1 Å². The van der Waals surface area contributed by atoms with E-state index in [-0.39, 0.29) is 61.4 Å². The molecule has 0 aliphatic carbocycles. The van der Waals surface area contributed by atoms with Gasteiger partial charge in [0.2, 0.25) is 5.16 Å². The van der Waals surface area contributed by atoms with Crippen molar-refractivity contribution in [3.63, 3.8) is 0 Å². The minimum absolute atomic E-state index is 0. The summed E-state index contributed by atoms with van der Waals surface area (Å²) in [6, 6.07) is 5.26. The molecule has 0 saturated carbocycles. The number of alkyl halides is 3. The predicted molar refractivity (Wildman–Crippen MR) is 56.9 cm³/mol. The molecular formula is C8H6F3KN4S. The first-order valence-corrected chi connectivity index (χ1v) is 4.97. The molecule has 0 aliphatic heterocycles. The van der Waals surface area contributed by atoms with Crippen LogP contribution in [0.4, 0.5) is 13.2 Å². The number of nitrogens with zero attached hydrogens (tertiary/aromatic N) is 3. The first-order valence-electron chi connectivity index (χ1n) is 4.15. The predicted octanol–water partition coefficient (Wildman–Crippen LogP) is 1.72. The fourth-order valence-electron chi connectivity index (χ4n) is 1.09. The normalized spacial score (nSPS) is 11.0. The zero-order valence-corrected chi connectivity index (χ0v) is 8.51. The number of benzene rings is 1. The van der Waals surface area contributed by atoms with Crippen LogP contribution in [0.25, 0.3) is 0 Å². The Hall–Kier alpha value is 0.0664. The maximum atomic E-state index is 12.6. The van der Waals surface area contributed by atoms with Gasteiger partial charge in [-0.15, -0.1) is 5.10 Å². The van der Waals surface area contributed by atoms with Crippen molar-refractivity contribution in [2.45, 2.75) is 16.2 Å². The molecule has 1 heterocycles. The van der Waals surface area contributed by atoms with Crippen LogP contribution in [-0.2, 0) is 6.18 Å². The van der Waals surface area contributed by atoms with Gasteiger partial charge in [-0.05, 0) is 34.3 Å². The van der Waals surface area contributed by atoms with Crippen molar-refractivity contribution in [3.8, 4) is 0 Å². The Kier molecular flexibility index (Phi) is 5.60. The van der Waals surface area contributed by atoms with E-state index < -0.39 is 11.7 Å². The average Bonchev–Trinajstić information content (AvgIpc) is 2.70. The van der Waals surface area contributed by atoms with Gasteiger partial charge in [-0.25, -0.2) is 5.10 Å². The molecule has 0 aliphatic rings. The molecule has 0 atom stereocenters. The molecule has 17 heavy (non-hydrogen) atoms. The van der Waals surface area contributed by atoms with E-state index in [1.54, 1.807) is 0 Å². The second-order valence-corrected chi connectivity index (χ2v) is 3.83. The van der Waals surface area contributed by atoms with Crippen molar-refractivity contribution in [3.05, 3.63) is 29.8 Å². The van der Waals surface area contributed by atoms with Crippen LogP contribution in [0, 0.1) is 0 Å². The fraction of sp³-hybridized carbons (Fsp3) is 0.125. The number of H-pyrrole nitrogens is 1. The number of hydrogen-bond donors (Lipinski definition) is 1. The molecule has 0 bridgehead atoms. The fourth-order valence-corrected chi connectivity index (χ4v) is 1.90. The van der Waals surface area contributed by atoms with Gasteiger partial charge in [0, 0.05) is 4.90 Å². The number of tetrazole rings is 1. The Morgan fingerprint density at radius 1 is 1.18 bits per heavy atom. The molecular weight excluding hydrogens is 280 g/mol. The monoisotopic (exact) mass is 286 g/mol. The van der Waals surface area contributed by atoms with Gasteiger partial charge in [-0.3, -0.25) is 0 Å². The molecule has 4 nitrogen and oxygen atoms in total. The van der Waals surface area contributed by atoms with Gasteiger partial charge in [0.15, 0.2) is 0 Å². The summed E-state index contributed by atoms with van der Waals surface area (Å²) in [6.07, 6.45) is -4.38. The molecule has 86 valence electrons. The summed E-state index contributed by atoms with van der Waals surface area (Å²) >= 11 is 0.836. The molecule has 0 saturated heterocycles. The second kappa shape index (κ2) is 6.30. The summed E-state index contributed by atoms with van der Waals surface area (Å²) in [5, 5.41) is 12.7. The second-order valence-electron chi connectivity index (χ2n) is 2.80. The van der Waals surface area contributed by atoms with E-state index in [0.29, 0.717) is 0 Å². The summed E-state index contributed by atoms with van der Waals surface area (Å²) in [6.45, 7) is 0. The number of hydrogen-bond acceptors (Lipinski definition) is 4. The molecule has 0 unspecified atom stereocenters. The molecule has 2 aromatic rings. The van der Waals surface area contributed by atoms with Crippen molar-refractivity contribution in [2.24, 2.45) is 0 Å². The number of aromatic nitrogens is 4. The maximum absolute atomic E-state index is 12.6. The van der Waals surface area contributed by atoms with Crippen LogP contribution in [0.15, 0.2) is 34.3 Å². The van der Waals surface area contributed by atoms with Crippen LogP contribution in [0.3, 0.4) is 0 Å². The summed E-state index contributed by atoms with van der Waals surface area (Å²) in [5.74, 6) is 0. The van der Waals surface area contributed by atoms with Gasteiger partial charge in [0.25, 0.3) is 0 Å². The third kappa shape index (κ3) is 4.04. The first-order chi connectivity index (χ1) is 7.57. The molecule has 0 amide bonds. The molecule has 0 radical (unpaired) electrons. The van der Waals surface area contributed by atoms with Crippen molar-refractivity contribution in [1.82, 2.24) is 20.6 Å². The summed E-state index contributed by atoms with van der Waals surface area (Å²) in [4.78, 5) is 0.0635.